The highest BCUT2D eigenvalue weighted by molar-refractivity contribution is 6.37. The van der Waals surface area contributed by atoms with Gasteiger partial charge in [0.1, 0.15) is 12.3 Å². The number of halogens is 2. The van der Waals surface area contributed by atoms with Crippen molar-refractivity contribution in [3.63, 3.8) is 0 Å². The zero-order valence-electron chi connectivity index (χ0n) is 14.5. The van der Waals surface area contributed by atoms with Crippen LogP contribution in [-0.4, -0.2) is 29.9 Å². The number of anilines is 1. The van der Waals surface area contributed by atoms with E-state index < -0.39 is 5.60 Å². The lowest BCUT2D eigenvalue weighted by Gasteiger charge is -2.44. The topological polar surface area (TPSA) is 62.6 Å². The standard InChI is InChI=1S/C19H18Cl2N2O3/c1-9-7-18(2)14-15-17(25-4-3-19(9,15)26-18)23(16(14)24)10-5-12(20)11(8-22)13(21)6-10/h5-6,9,14-15,17H,3-4,7H2,1-2H3/t9?,14-,15+,17+,18+,19-/m1/s1. The Balaban J connectivity index is 1.64. The van der Waals surface area contributed by atoms with Gasteiger partial charge in [-0.3, -0.25) is 9.69 Å². The quantitative estimate of drug-likeness (QED) is 0.729. The van der Waals surface area contributed by atoms with Crippen LogP contribution in [0.3, 0.4) is 0 Å². The van der Waals surface area contributed by atoms with Gasteiger partial charge < -0.3 is 9.47 Å². The van der Waals surface area contributed by atoms with Crippen LogP contribution in [0, 0.1) is 29.1 Å². The van der Waals surface area contributed by atoms with Crippen molar-refractivity contribution < 1.29 is 14.3 Å². The monoisotopic (exact) mass is 392 g/mol. The summed E-state index contributed by atoms with van der Waals surface area (Å²) in [6.45, 7) is 4.82. The molecule has 0 saturated carbocycles. The maximum absolute atomic E-state index is 13.4. The molecule has 1 spiro atoms. The predicted molar refractivity (Wildman–Crippen MR) is 96.0 cm³/mol. The molecule has 5 rings (SSSR count). The second-order valence-electron chi connectivity index (χ2n) is 8.09. The van der Waals surface area contributed by atoms with Crippen LogP contribution in [0.1, 0.15) is 32.3 Å². The van der Waals surface area contributed by atoms with Crippen molar-refractivity contribution in [1.82, 2.24) is 0 Å². The fraction of sp³-hybridized carbons (Fsp3) is 0.579. The molecule has 1 amide bonds. The summed E-state index contributed by atoms with van der Waals surface area (Å²) in [6.07, 6.45) is 1.32. The molecule has 4 fully saturated rings. The Hall–Kier alpha value is -1.32. The molecule has 6 atom stereocenters. The molecule has 136 valence electrons. The van der Waals surface area contributed by atoms with E-state index in [4.69, 9.17) is 32.7 Å². The van der Waals surface area contributed by atoms with Crippen LogP contribution in [-0.2, 0) is 14.3 Å². The maximum Gasteiger partial charge on any atom is 0.235 e. The Morgan fingerprint density at radius 1 is 1.35 bits per heavy atom. The van der Waals surface area contributed by atoms with Crippen LogP contribution < -0.4 is 4.90 Å². The van der Waals surface area contributed by atoms with E-state index >= 15 is 0 Å². The number of nitriles is 1. The van der Waals surface area contributed by atoms with Gasteiger partial charge in [0.15, 0.2) is 0 Å². The molecule has 2 bridgehead atoms. The van der Waals surface area contributed by atoms with Crippen LogP contribution in [0.5, 0.6) is 0 Å². The average molecular weight is 393 g/mol. The minimum absolute atomic E-state index is 0.00461. The normalized spacial score (nSPS) is 42.9. The van der Waals surface area contributed by atoms with E-state index in [2.05, 4.69) is 13.8 Å². The van der Waals surface area contributed by atoms with Gasteiger partial charge in [0.25, 0.3) is 0 Å². The summed E-state index contributed by atoms with van der Waals surface area (Å²) in [4.78, 5) is 15.1. The van der Waals surface area contributed by atoms with Gasteiger partial charge in [-0.1, -0.05) is 30.1 Å². The largest absolute Gasteiger partial charge is 0.367 e. The third-order valence-corrected chi connectivity index (χ3v) is 7.41. The lowest BCUT2D eigenvalue weighted by Crippen LogP contribution is -2.54. The number of hydrogen-bond donors (Lipinski definition) is 0. The van der Waals surface area contributed by atoms with E-state index in [9.17, 15) is 10.1 Å². The summed E-state index contributed by atoms with van der Waals surface area (Å²) in [7, 11) is 0. The van der Waals surface area contributed by atoms with Gasteiger partial charge in [-0.05, 0) is 31.4 Å². The van der Waals surface area contributed by atoms with Gasteiger partial charge in [0.2, 0.25) is 5.91 Å². The zero-order valence-corrected chi connectivity index (χ0v) is 16.0. The van der Waals surface area contributed by atoms with Crippen molar-refractivity contribution in [1.29, 1.82) is 5.26 Å². The van der Waals surface area contributed by atoms with E-state index in [-0.39, 0.29) is 45.2 Å². The average Bonchev–Trinajstić information content (AvgIpc) is 3.11. The molecule has 0 aliphatic carbocycles. The molecule has 4 heterocycles. The molecule has 26 heavy (non-hydrogen) atoms. The number of carbonyl (C=O) groups is 1. The van der Waals surface area contributed by atoms with Gasteiger partial charge in [-0.25, -0.2) is 0 Å². The number of fused-ring (bicyclic) bond motifs is 2. The summed E-state index contributed by atoms with van der Waals surface area (Å²) >= 11 is 12.4. The number of amides is 1. The molecule has 4 aliphatic heterocycles. The molecular formula is C19H18Cl2N2O3. The zero-order chi connectivity index (χ0) is 18.4. The number of ether oxygens (including phenoxy) is 2. The van der Waals surface area contributed by atoms with E-state index in [1.54, 1.807) is 17.0 Å². The van der Waals surface area contributed by atoms with Crippen LogP contribution in [0.4, 0.5) is 5.69 Å². The molecule has 4 saturated heterocycles. The van der Waals surface area contributed by atoms with Crippen LogP contribution in [0.25, 0.3) is 0 Å². The van der Waals surface area contributed by atoms with E-state index in [0.29, 0.717) is 18.2 Å². The van der Waals surface area contributed by atoms with Crippen molar-refractivity contribution in [3.8, 4) is 6.07 Å². The molecule has 1 aromatic carbocycles. The SMILES string of the molecule is CC1C[C@]2(C)O[C@]13CCO[C@H]1[C@@H]3[C@@H]2C(=O)N1c1cc(Cl)c(C#N)c(Cl)c1. The van der Waals surface area contributed by atoms with Crippen LogP contribution in [0.2, 0.25) is 10.0 Å². The van der Waals surface area contributed by atoms with Crippen molar-refractivity contribution >= 4 is 34.8 Å². The highest BCUT2D eigenvalue weighted by Gasteiger charge is 2.77. The smallest absolute Gasteiger partial charge is 0.235 e. The summed E-state index contributed by atoms with van der Waals surface area (Å²) in [5.41, 5.74) is 0.0414. The second-order valence-corrected chi connectivity index (χ2v) is 8.91. The van der Waals surface area contributed by atoms with E-state index in [1.807, 2.05) is 6.07 Å². The predicted octanol–water partition coefficient (Wildman–Crippen LogP) is 3.76. The highest BCUT2D eigenvalue weighted by Crippen LogP contribution is 2.67. The second kappa shape index (κ2) is 5.14. The Labute approximate surface area is 161 Å². The van der Waals surface area contributed by atoms with Crippen molar-refractivity contribution in [2.75, 3.05) is 11.5 Å². The summed E-state index contributed by atoms with van der Waals surface area (Å²) in [5.74, 6) is 0.166. The van der Waals surface area contributed by atoms with Gasteiger partial charge in [-0.15, -0.1) is 0 Å². The van der Waals surface area contributed by atoms with Crippen LogP contribution in [0.15, 0.2) is 12.1 Å². The third-order valence-electron chi connectivity index (χ3n) is 6.81. The fourth-order valence-corrected chi connectivity index (χ4v) is 6.48. The summed E-state index contributed by atoms with van der Waals surface area (Å²) in [6, 6.07) is 5.25. The van der Waals surface area contributed by atoms with E-state index in [1.165, 1.54) is 0 Å². The molecule has 0 radical (unpaired) electrons. The molecule has 0 N–H and O–H groups in total. The molecule has 4 aliphatic rings. The molecular weight excluding hydrogens is 375 g/mol. The number of hydrogen-bond acceptors (Lipinski definition) is 4. The molecule has 0 aromatic heterocycles. The fourth-order valence-electron chi connectivity index (χ4n) is 5.92. The highest BCUT2D eigenvalue weighted by atomic mass is 35.5. The van der Waals surface area contributed by atoms with Crippen molar-refractivity contribution in [2.45, 2.75) is 44.1 Å². The first-order valence-corrected chi connectivity index (χ1v) is 9.62. The Kier molecular flexibility index (Phi) is 3.33. The first-order valence-electron chi connectivity index (χ1n) is 8.86. The maximum atomic E-state index is 13.4. The minimum atomic E-state index is -0.456. The number of rotatable bonds is 1. The summed E-state index contributed by atoms with van der Waals surface area (Å²) < 4.78 is 12.6. The lowest BCUT2D eigenvalue weighted by atomic mass is 9.62. The molecule has 5 nitrogen and oxygen atoms in total. The van der Waals surface area contributed by atoms with Crippen molar-refractivity contribution in [2.24, 2.45) is 17.8 Å². The number of nitrogens with zero attached hydrogens (tertiary/aromatic N) is 2. The van der Waals surface area contributed by atoms with Gasteiger partial charge >= 0.3 is 0 Å². The Morgan fingerprint density at radius 2 is 2.04 bits per heavy atom. The number of carbonyl (C=O) groups excluding carboxylic acids is 1. The van der Waals surface area contributed by atoms with Crippen molar-refractivity contribution in [3.05, 3.63) is 27.7 Å². The number of benzene rings is 1. The van der Waals surface area contributed by atoms with Gasteiger partial charge in [0.05, 0.1) is 39.3 Å². The first kappa shape index (κ1) is 16.8. The van der Waals surface area contributed by atoms with Gasteiger partial charge in [-0.2, -0.15) is 5.26 Å². The molecule has 1 unspecified atom stereocenters. The van der Waals surface area contributed by atoms with Gasteiger partial charge in [0, 0.05) is 18.0 Å². The summed E-state index contributed by atoms with van der Waals surface area (Å²) in [5, 5.41) is 9.66. The first-order chi connectivity index (χ1) is 12.3. The third kappa shape index (κ3) is 1.81. The Bertz CT molecular complexity index is 861. The van der Waals surface area contributed by atoms with E-state index in [0.717, 1.165) is 12.8 Å². The Morgan fingerprint density at radius 3 is 2.69 bits per heavy atom. The lowest BCUT2D eigenvalue weighted by molar-refractivity contribution is -0.148. The molecule has 7 heteroatoms. The van der Waals surface area contributed by atoms with Crippen LogP contribution >= 0.6 is 23.2 Å². The molecule has 1 aromatic rings. The minimum Gasteiger partial charge on any atom is -0.367 e.